The Labute approximate surface area is 150 Å². The Morgan fingerprint density at radius 2 is 2.08 bits per heavy atom. The molecule has 0 radical (unpaired) electrons. The second kappa shape index (κ2) is 6.36. The number of carbonyl (C=O) groups is 3. The highest BCUT2D eigenvalue weighted by Gasteiger charge is 2.52. The summed E-state index contributed by atoms with van der Waals surface area (Å²) in [5.41, 5.74) is 0.793. The summed E-state index contributed by atoms with van der Waals surface area (Å²) in [6.45, 7) is -0.244. The first-order valence-electron chi connectivity index (χ1n) is 8.68. The lowest BCUT2D eigenvalue weighted by atomic mass is 9.84. The average Bonchev–Trinajstić information content (AvgIpc) is 3.35. The number of anilines is 1. The highest BCUT2D eigenvalue weighted by molar-refractivity contribution is 6.09. The quantitative estimate of drug-likeness (QED) is 0.814. The fourth-order valence-electron chi connectivity index (χ4n) is 3.90. The summed E-state index contributed by atoms with van der Waals surface area (Å²) < 4.78 is 0. The third-order valence-corrected chi connectivity index (χ3v) is 5.19. The molecule has 4 rings (SSSR count). The molecule has 2 N–H and O–H groups in total. The fourth-order valence-corrected chi connectivity index (χ4v) is 3.90. The molecular weight excluding hydrogens is 334 g/mol. The zero-order chi connectivity index (χ0) is 18.1. The summed E-state index contributed by atoms with van der Waals surface area (Å²) in [5, 5.41) is 9.31. The van der Waals surface area contributed by atoms with Crippen molar-refractivity contribution in [1.29, 1.82) is 0 Å². The van der Waals surface area contributed by atoms with Gasteiger partial charge in [0.15, 0.2) is 5.82 Å². The van der Waals surface area contributed by atoms with Crippen LogP contribution in [0.1, 0.15) is 32.1 Å². The standard InChI is InChI=1S/C18H19N5O3/c24-14(10-23-15(25)9-18(17(23)26)6-1-2-7-18)21-13-5-3-4-12(8-13)16-19-11-20-22-16/h3-5,8,11H,1-2,6-7,9-10H2,(H,21,24)(H,19,20,22). The maximum atomic E-state index is 12.6. The van der Waals surface area contributed by atoms with Crippen LogP contribution in [0.4, 0.5) is 5.69 Å². The molecule has 0 bridgehead atoms. The van der Waals surface area contributed by atoms with Crippen LogP contribution >= 0.6 is 0 Å². The summed E-state index contributed by atoms with van der Waals surface area (Å²) in [4.78, 5) is 42.4. The zero-order valence-electron chi connectivity index (χ0n) is 14.2. The van der Waals surface area contributed by atoms with Gasteiger partial charge in [0.25, 0.3) is 0 Å². The van der Waals surface area contributed by atoms with E-state index in [1.165, 1.54) is 6.33 Å². The van der Waals surface area contributed by atoms with Gasteiger partial charge in [-0.3, -0.25) is 24.4 Å². The van der Waals surface area contributed by atoms with Crippen molar-refractivity contribution in [3.8, 4) is 11.4 Å². The van der Waals surface area contributed by atoms with Crippen LogP contribution in [0.25, 0.3) is 11.4 Å². The molecule has 8 nitrogen and oxygen atoms in total. The number of carbonyl (C=O) groups excluding carboxylic acids is 3. The van der Waals surface area contributed by atoms with E-state index in [4.69, 9.17) is 0 Å². The molecule has 0 atom stereocenters. The predicted octanol–water partition coefficient (Wildman–Crippen LogP) is 1.73. The number of amides is 3. The van der Waals surface area contributed by atoms with Crippen LogP contribution in [0.15, 0.2) is 30.6 Å². The van der Waals surface area contributed by atoms with Crippen molar-refractivity contribution in [2.45, 2.75) is 32.1 Å². The maximum absolute atomic E-state index is 12.6. The number of likely N-dealkylation sites (tertiary alicyclic amines) is 1. The smallest absolute Gasteiger partial charge is 0.244 e. The van der Waals surface area contributed by atoms with E-state index in [0.717, 1.165) is 36.1 Å². The third-order valence-electron chi connectivity index (χ3n) is 5.19. The van der Waals surface area contributed by atoms with Crippen LogP contribution in [0, 0.1) is 5.41 Å². The first-order valence-corrected chi connectivity index (χ1v) is 8.68. The van der Waals surface area contributed by atoms with E-state index >= 15 is 0 Å². The SMILES string of the molecule is O=C(CN1C(=O)CC2(CCCC2)C1=O)Nc1cccc(-c2ncn[nH]2)c1. The van der Waals surface area contributed by atoms with Gasteiger partial charge in [-0.2, -0.15) is 5.10 Å². The molecular formula is C18H19N5O3. The number of nitrogens with zero attached hydrogens (tertiary/aromatic N) is 3. The van der Waals surface area contributed by atoms with Gasteiger partial charge >= 0.3 is 0 Å². The summed E-state index contributed by atoms with van der Waals surface area (Å²) >= 11 is 0. The van der Waals surface area contributed by atoms with Crippen molar-refractivity contribution in [2.75, 3.05) is 11.9 Å². The third kappa shape index (κ3) is 2.87. The molecule has 3 amide bonds. The number of benzene rings is 1. The molecule has 1 saturated carbocycles. The van der Waals surface area contributed by atoms with Gasteiger partial charge in [0.1, 0.15) is 12.9 Å². The van der Waals surface area contributed by atoms with E-state index in [-0.39, 0.29) is 24.8 Å². The van der Waals surface area contributed by atoms with Gasteiger partial charge in [0.05, 0.1) is 5.41 Å². The van der Waals surface area contributed by atoms with Gasteiger partial charge in [-0.05, 0) is 25.0 Å². The van der Waals surface area contributed by atoms with E-state index in [9.17, 15) is 14.4 Å². The molecule has 8 heteroatoms. The van der Waals surface area contributed by atoms with Crippen molar-refractivity contribution < 1.29 is 14.4 Å². The van der Waals surface area contributed by atoms with Crippen LogP contribution < -0.4 is 5.32 Å². The van der Waals surface area contributed by atoms with Crippen LogP contribution in [0.2, 0.25) is 0 Å². The van der Waals surface area contributed by atoms with Crippen molar-refractivity contribution in [2.24, 2.45) is 5.41 Å². The minimum atomic E-state index is -0.552. The molecule has 2 heterocycles. The van der Waals surface area contributed by atoms with Crippen molar-refractivity contribution in [3.63, 3.8) is 0 Å². The molecule has 1 aliphatic carbocycles. The molecule has 1 spiro atoms. The maximum Gasteiger partial charge on any atom is 0.244 e. The lowest BCUT2D eigenvalue weighted by Gasteiger charge is -2.20. The van der Waals surface area contributed by atoms with E-state index in [1.54, 1.807) is 18.2 Å². The Morgan fingerprint density at radius 3 is 2.81 bits per heavy atom. The number of aromatic nitrogens is 3. The molecule has 1 aromatic carbocycles. The summed E-state index contributed by atoms with van der Waals surface area (Å²) in [5.74, 6) is -0.237. The molecule has 0 unspecified atom stereocenters. The second-order valence-electron chi connectivity index (χ2n) is 6.91. The first-order chi connectivity index (χ1) is 12.6. The number of rotatable bonds is 4. The van der Waals surface area contributed by atoms with E-state index in [0.29, 0.717) is 11.5 Å². The summed E-state index contributed by atoms with van der Waals surface area (Å²) in [7, 11) is 0. The minimum absolute atomic E-state index is 0.189. The van der Waals surface area contributed by atoms with Gasteiger partial charge in [0, 0.05) is 17.7 Å². The molecule has 1 aliphatic heterocycles. The average molecular weight is 353 g/mol. The Kier molecular flexibility index (Phi) is 4.02. The number of aromatic amines is 1. The van der Waals surface area contributed by atoms with Gasteiger partial charge < -0.3 is 5.32 Å². The second-order valence-corrected chi connectivity index (χ2v) is 6.91. The molecule has 2 aliphatic rings. The van der Waals surface area contributed by atoms with Crippen molar-refractivity contribution >= 4 is 23.4 Å². The van der Waals surface area contributed by atoms with Crippen LogP contribution in [0.3, 0.4) is 0 Å². The number of hydrogen-bond donors (Lipinski definition) is 2. The normalized spacial score (nSPS) is 18.7. The van der Waals surface area contributed by atoms with Crippen molar-refractivity contribution in [3.05, 3.63) is 30.6 Å². The van der Waals surface area contributed by atoms with Gasteiger partial charge in [-0.25, -0.2) is 4.98 Å². The largest absolute Gasteiger partial charge is 0.325 e. The molecule has 2 aromatic rings. The fraction of sp³-hybridized carbons (Fsp3) is 0.389. The van der Waals surface area contributed by atoms with E-state index < -0.39 is 11.3 Å². The van der Waals surface area contributed by atoms with Crippen LogP contribution in [-0.2, 0) is 14.4 Å². The van der Waals surface area contributed by atoms with Gasteiger partial charge in [-0.15, -0.1) is 0 Å². The highest BCUT2D eigenvalue weighted by atomic mass is 16.2. The number of H-pyrrole nitrogens is 1. The number of hydrogen-bond acceptors (Lipinski definition) is 5. The summed E-state index contributed by atoms with van der Waals surface area (Å²) in [6, 6.07) is 7.12. The van der Waals surface area contributed by atoms with Gasteiger partial charge in [-0.1, -0.05) is 25.0 Å². The molecule has 2 fully saturated rings. The van der Waals surface area contributed by atoms with E-state index in [2.05, 4.69) is 20.5 Å². The molecule has 1 aromatic heterocycles. The topological polar surface area (TPSA) is 108 Å². The van der Waals surface area contributed by atoms with Crippen LogP contribution in [0.5, 0.6) is 0 Å². The predicted molar refractivity (Wildman–Crippen MR) is 92.7 cm³/mol. The minimum Gasteiger partial charge on any atom is -0.325 e. The number of nitrogens with one attached hydrogen (secondary N) is 2. The first kappa shape index (κ1) is 16.4. The Bertz CT molecular complexity index is 855. The molecule has 26 heavy (non-hydrogen) atoms. The van der Waals surface area contributed by atoms with Gasteiger partial charge in [0.2, 0.25) is 17.7 Å². The van der Waals surface area contributed by atoms with E-state index in [1.807, 2.05) is 6.07 Å². The lowest BCUT2D eigenvalue weighted by molar-refractivity contribution is -0.143. The Hall–Kier alpha value is -3.03. The molecule has 1 saturated heterocycles. The Morgan fingerprint density at radius 1 is 1.27 bits per heavy atom. The zero-order valence-corrected chi connectivity index (χ0v) is 14.2. The monoisotopic (exact) mass is 353 g/mol. The summed E-state index contributed by atoms with van der Waals surface area (Å²) in [6.07, 6.45) is 5.06. The number of imide groups is 1. The molecule has 134 valence electrons. The van der Waals surface area contributed by atoms with Crippen LogP contribution in [-0.4, -0.2) is 44.3 Å². The van der Waals surface area contributed by atoms with Crippen molar-refractivity contribution in [1.82, 2.24) is 20.1 Å². The Balaban J connectivity index is 1.44. The lowest BCUT2D eigenvalue weighted by Crippen LogP contribution is -2.39. The highest BCUT2D eigenvalue weighted by Crippen LogP contribution is 2.46.